The Morgan fingerprint density at radius 1 is 1.38 bits per heavy atom. The molecule has 0 aromatic carbocycles. The predicted molar refractivity (Wildman–Crippen MR) is 95.5 cm³/mol. The fourth-order valence-electron chi connectivity index (χ4n) is 2.53. The highest BCUT2D eigenvalue weighted by atomic mass is 16.5. The van der Waals surface area contributed by atoms with E-state index in [1.807, 2.05) is 12.1 Å². The summed E-state index contributed by atoms with van der Waals surface area (Å²) in [6.45, 7) is 10.2. The van der Waals surface area contributed by atoms with Gasteiger partial charge < -0.3 is 20.1 Å². The van der Waals surface area contributed by atoms with Crippen LogP contribution in [-0.2, 0) is 11.3 Å². The highest BCUT2D eigenvalue weighted by Crippen LogP contribution is 2.07. The summed E-state index contributed by atoms with van der Waals surface area (Å²) in [5, 5.41) is 6.71. The fourth-order valence-corrected chi connectivity index (χ4v) is 2.53. The van der Waals surface area contributed by atoms with Gasteiger partial charge >= 0.3 is 0 Å². The number of hydrogen-bond acceptors (Lipinski definition) is 5. The van der Waals surface area contributed by atoms with Crippen LogP contribution in [0.25, 0.3) is 0 Å². The van der Waals surface area contributed by atoms with Crippen LogP contribution in [0, 0.1) is 0 Å². The Bertz CT molecular complexity index is 500. The van der Waals surface area contributed by atoms with E-state index < -0.39 is 0 Å². The Labute approximate surface area is 144 Å². The maximum absolute atomic E-state index is 5.41. The first-order valence-corrected chi connectivity index (χ1v) is 8.55. The number of rotatable bonds is 7. The number of aromatic nitrogens is 1. The summed E-state index contributed by atoms with van der Waals surface area (Å²) in [5.74, 6) is 1.44. The molecule has 0 bridgehead atoms. The molecule has 134 valence electrons. The lowest BCUT2D eigenvalue weighted by Gasteiger charge is -2.32. The minimum Gasteiger partial charge on any atom is -0.481 e. The summed E-state index contributed by atoms with van der Waals surface area (Å²) in [6, 6.07) is 4.28. The molecule has 1 aromatic heterocycles. The third kappa shape index (κ3) is 5.98. The molecule has 0 radical (unpaired) electrons. The third-order valence-electron chi connectivity index (χ3n) is 4.00. The molecule has 0 spiro atoms. The lowest BCUT2D eigenvalue weighted by Crippen LogP contribution is -2.49. The second kappa shape index (κ2) is 10.1. The molecule has 7 heteroatoms. The first-order chi connectivity index (χ1) is 11.7. The minimum absolute atomic E-state index is 0.445. The van der Waals surface area contributed by atoms with E-state index in [0.717, 1.165) is 50.9 Å². The van der Waals surface area contributed by atoms with Gasteiger partial charge in [0.05, 0.1) is 26.9 Å². The van der Waals surface area contributed by atoms with Gasteiger partial charge in [-0.15, -0.1) is 0 Å². The molecule has 1 aliphatic heterocycles. The molecule has 1 atom stereocenters. The van der Waals surface area contributed by atoms with Gasteiger partial charge in [-0.3, -0.25) is 4.90 Å². The first-order valence-electron chi connectivity index (χ1n) is 8.55. The Balaban J connectivity index is 1.84. The zero-order valence-electron chi connectivity index (χ0n) is 14.9. The van der Waals surface area contributed by atoms with Gasteiger partial charge in [0.15, 0.2) is 5.96 Å². The van der Waals surface area contributed by atoms with Crippen molar-refractivity contribution in [3.8, 4) is 5.88 Å². The molecule has 1 aliphatic rings. The molecule has 24 heavy (non-hydrogen) atoms. The van der Waals surface area contributed by atoms with Gasteiger partial charge in [0.1, 0.15) is 0 Å². The quantitative estimate of drug-likeness (QED) is 0.569. The number of guanidine groups is 1. The van der Waals surface area contributed by atoms with Gasteiger partial charge in [-0.1, -0.05) is 6.07 Å². The summed E-state index contributed by atoms with van der Waals surface area (Å²) in [6.07, 6.45) is 1.79. The van der Waals surface area contributed by atoms with Gasteiger partial charge in [0, 0.05) is 44.5 Å². The van der Waals surface area contributed by atoms with E-state index in [0.29, 0.717) is 18.5 Å². The molecule has 0 aliphatic carbocycles. The van der Waals surface area contributed by atoms with Crippen LogP contribution in [0.1, 0.15) is 19.4 Å². The van der Waals surface area contributed by atoms with Gasteiger partial charge in [-0.25, -0.2) is 9.98 Å². The Hall–Kier alpha value is -1.86. The minimum atomic E-state index is 0.445. The van der Waals surface area contributed by atoms with Crippen molar-refractivity contribution in [3.05, 3.63) is 23.9 Å². The maximum atomic E-state index is 5.41. The number of aliphatic imine (C=N–C) groups is 1. The lowest BCUT2D eigenvalue weighted by molar-refractivity contribution is 0.0211. The molecule has 0 saturated carbocycles. The van der Waals surface area contributed by atoms with Crippen LogP contribution in [0.3, 0.4) is 0 Å². The Morgan fingerprint density at radius 2 is 2.17 bits per heavy atom. The van der Waals surface area contributed by atoms with Crippen LogP contribution in [0.5, 0.6) is 5.88 Å². The second-order valence-corrected chi connectivity index (χ2v) is 5.78. The van der Waals surface area contributed by atoms with Gasteiger partial charge in [0.2, 0.25) is 5.88 Å². The molecule has 1 unspecified atom stereocenters. The summed E-state index contributed by atoms with van der Waals surface area (Å²) >= 11 is 0. The molecule has 0 amide bonds. The van der Waals surface area contributed by atoms with Gasteiger partial charge in [-0.05, 0) is 19.4 Å². The summed E-state index contributed by atoms with van der Waals surface area (Å²) < 4.78 is 10.5. The average Bonchev–Trinajstić information content (AvgIpc) is 2.65. The van der Waals surface area contributed by atoms with Crippen molar-refractivity contribution in [2.24, 2.45) is 4.99 Å². The van der Waals surface area contributed by atoms with Crippen LogP contribution < -0.4 is 15.4 Å². The smallest absolute Gasteiger partial charge is 0.212 e. The van der Waals surface area contributed by atoms with Crippen molar-refractivity contribution in [2.75, 3.05) is 46.5 Å². The molecule has 1 fully saturated rings. The van der Waals surface area contributed by atoms with E-state index in [4.69, 9.17) is 9.47 Å². The van der Waals surface area contributed by atoms with E-state index in [-0.39, 0.29) is 0 Å². The van der Waals surface area contributed by atoms with Crippen LogP contribution in [0.2, 0.25) is 0 Å². The molecular weight excluding hydrogens is 306 g/mol. The standard InChI is InChI=1S/C17H29N5O2/c1-4-18-17(20-11-14(2)22-7-9-24-10-8-22)21-13-15-5-6-16(23-3)19-12-15/h5-6,12,14H,4,7-11,13H2,1-3H3,(H2,18,20,21). The van der Waals surface area contributed by atoms with E-state index >= 15 is 0 Å². The zero-order valence-corrected chi connectivity index (χ0v) is 14.9. The summed E-state index contributed by atoms with van der Waals surface area (Å²) in [7, 11) is 1.61. The Morgan fingerprint density at radius 3 is 2.79 bits per heavy atom. The largest absolute Gasteiger partial charge is 0.481 e. The van der Waals surface area contributed by atoms with E-state index in [1.54, 1.807) is 13.3 Å². The monoisotopic (exact) mass is 335 g/mol. The molecule has 1 aromatic rings. The predicted octanol–water partition coefficient (Wildman–Crippen LogP) is 0.866. The van der Waals surface area contributed by atoms with Crippen LogP contribution in [0.15, 0.2) is 23.3 Å². The van der Waals surface area contributed by atoms with E-state index in [1.165, 1.54) is 0 Å². The van der Waals surface area contributed by atoms with Crippen molar-refractivity contribution in [3.63, 3.8) is 0 Å². The molecule has 1 saturated heterocycles. The van der Waals surface area contributed by atoms with Crippen molar-refractivity contribution in [1.29, 1.82) is 0 Å². The number of hydrogen-bond donors (Lipinski definition) is 2. The zero-order chi connectivity index (χ0) is 17.2. The fraction of sp³-hybridized carbons (Fsp3) is 0.647. The van der Waals surface area contributed by atoms with Gasteiger partial charge in [0.25, 0.3) is 0 Å². The average molecular weight is 335 g/mol. The second-order valence-electron chi connectivity index (χ2n) is 5.78. The number of methoxy groups -OCH3 is 1. The Kier molecular flexibility index (Phi) is 7.77. The third-order valence-corrected chi connectivity index (χ3v) is 4.00. The lowest BCUT2D eigenvalue weighted by atomic mass is 10.2. The van der Waals surface area contributed by atoms with Crippen LogP contribution >= 0.6 is 0 Å². The maximum Gasteiger partial charge on any atom is 0.212 e. The molecule has 7 nitrogen and oxygen atoms in total. The number of morpholine rings is 1. The molecule has 2 N–H and O–H groups in total. The number of nitrogens with one attached hydrogen (secondary N) is 2. The SMILES string of the molecule is CCNC(=NCc1ccc(OC)nc1)NCC(C)N1CCOCC1. The van der Waals surface area contributed by atoms with Crippen molar-refractivity contribution in [2.45, 2.75) is 26.4 Å². The molecule has 2 rings (SSSR count). The summed E-state index contributed by atoms with van der Waals surface area (Å²) in [5.41, 5.74) is 1.05. The molecule has 2 heterocycles. The highest BCUT2D eigenvalue weighted by molar-refractivity contribution is 5.79. The first kappa shape index (κ1) is 18.5. The van der Waals surface area contributed by atoms with E-state index in [9.17, 15) is 0 Å². The van der Waals surface area contributed by atoms with Crippen LogP contribution in [0.4, 0.5) is 0 Å². The normalized spacial score (nSPS) is 17.4. The van der Waals surface area contributed by atoms with Crippen molar-refractivity contribution in [1.82, 2.24) is 20.5 Å². The highest BCUT2D eigenvalue weighted by Gasteiger charge is 2.16. The number of ether oxygens (including phenoxy) is 2. The molecular formula is C17H29N5O2. The van der Waals surface area contributed by atoms with Crippen molar-refractivity contribution < 1.29 is 9.47 Å². The summed E-state index contributed by atoms with van der Waals surface area (Å²) in [4.78, 5) is 11.3. The van der Waals surface area contributed by atoms with Gasteiger partial charge in [-0.2, -0.15) is 0 Å². The van der Waals surface area contributed by atoms with Crippen molar-refractivity contribution >= 4 is 5.96 Å². The van der Waals surface area contributed by atoms with Crippen LogP contribution in [-0.4, -0.2) is 68.4 Å². The van der Waals surface area contributed by atoms with E-state index in [2.05, 4.69) is 39.4 Å². The number of nitrogens with zero attached hydrogens (tertiary/aromatic N) is 3. The topological polar surface area (TPSA) is 71.0 Å². The number of pyridine rings is 1.